The molecule has 1 saturated heterocycles. The number of hydrogen-bond acceptors (Lipinski definition) is 9. The number of hydrogen-bond donors (Lipinski definition) is 0. The predicted octanol–water partition coefficient (Wildman–Crippen LogP) is 2.99. The van der Waals surface area contributed by atoms with E-state index in [9.17, 15) is 18.0 Å². The van der Waals surface area contributed by atoms with Gasteiger partial charge in [0.15, 0.2) is 16.3 Å². The lowest BCUT2D eigenvalue weighted by Crippen LogP contribution is -2.40. The molecule has 2 aliphatic heterocycles. The summed E-state index contributed by atoms with van der Waals surface area (Å²) in [5.74, 6) is -0.00705. The van der Waals surface area contributed by atoms with Crippen molar-refractivity contribution in [3.63, 3.8) is 0 Å². The van der Waals surface area contributed by atoms with Crippen LogP contribution in [0.4, 0.5) is 0 Å². The number of nitrogens with zero attached hydrogens (tertiary/aromatic N) is 3. The molecule has 4 heterocycles. The topological polar surface area (TPSA) is 116 Å². The molecule has 14 heteroatoms. The van der Waals surface area contributed by atoms with E-state index < -0.39 is 27.9 Å². The lowest BCUT2D eigenvalue weighted by molar-refractivity contribution is -0.143. The zero-order chi connectivity index (χ0) is 24.7. The first-order valence-electron chi connectivity index (χ1n) is 10.7. The average molecular weight is 558 g/mol. The standard InChI is InChI=1S/C21H20ClN3O7S3/c1-2-30-18(26)10-24-13-8-14-15(32-11-31-14)9-16(13)33-21(24)23-20(27)12-4-3-7-25(12)35(28,29)19-6-5-17(22)34-19/h5-6,8-9,12H,2-4,7,10-11H2,1H3. The minimum atomic E-state index is -3.90. The van der Waals surface area contributed by atoms with Gasteiger partial charge in [0.1, 0.15) is 16.8 Å². The number of thiophene rings is 1. The third-order valence-electron chi connectivity index (χ3n) is 5.58. The smallest absolute Gasteiger partial charge is 0.326 e. The molecule has 1 unspecified atom stereocenters. The Balaban J connectivity index is 1.54. The summed E-state index contributed by atoms with van der Waals surface area (Å²) in [5, 5.41) is 0. The van der Waals surface area contributed by atoms with Gasteiger partial charge >= 0.3 is 5.97 Å². The van der Waals surface area contributed by atoms with Crippen LogP contribution in [0.15, 0.2) is 33.5 Å². The molecule has 35 heavy (non-hydrogen) atoms. The van der Waals surface area contributed by atoms with E-state index in [4.69, 9.17) is 25.8 Å². The molecule has 2 aromatic heterocycles. The van der Waals surface area contributed by atoms with Gasteiger partial charge in [-0.05, 0) is 31.9 Å². The Bertz CT molecular complexity index is 1490. The highest BCUT2D eigenvalue weighted by molar-refractivity contribution is 7.91. The lowest BCUT2D eigenvalue weighted by atomic mass is 10.2. The molecule has 0 radical (unpaired) electrons. The maximum Gasteiger partial charge on any atom is 0.326 e. The number of aromatic nitrogens is 1. The van der Waals surface area contributed by atoms with Crippen LogP contribution in [-0.4, -0.2) is 55.2 Å². The van der Waals surface area contributed by atoms with Gasteiger partial charge in [-0.3, -0.25) is 9.59 Å². The van der Waals surface area contributed by atoms with Crippen LogP contribution in [-0.2, 0) is 30.9 Å². The van der Waals surface area contributed by atoms with Gasteiger partial charge in [0, 0.05) is 18.7 Å². The van der Waals surface area contributed by atoms with Crippen molar-refractivity contribution in [2.24, 2.45) is 4.99 Å². The molecule has 0 saturated carbocycles. The number of ether oxygens (including phenoxy) is 3. The molecule has 5 rings (SSSR count). The molecule has 3 aromatic rings. The first-order chi connectivity index (χ1) is 16.8. The third-order valence-corrected chi connectivity index (χ3v) is 10.2. The molecule has 0 spiro atoms. The second-order valence-electron chi connectivity index (χ2n) is 7.73. The van der Waals surface area contributed by atoms with Crippen molar-refractivity contribution in [3.8, 4) is 11.5 Å². The summed E-state index contributed by atoms with van der Waals surface area (Å²) in [6.45, 7) is 2.06. The second kappa shape index (κ2) is 9.54. The van der Waals surface area contributed by atoms with E-state index in [0.717, 1.165) is 16.0 Å². The Kier molecular flexibility index (Phi) is 6.61. The molecule has 0 aliphatic carbocycles. The maximum absolute atomic E-state index is 13.3. The van der Waals surface area contributed by atoms with E-state index in [1.807, 2.05) is 0 Å². The number of amides is 1. The molecular weight excluding hydrogens is 538 g/mol. The summed E-state index contributed by atoms with van der Waals surface area (Å²) in [5.41, 5.74) is 0.628. The molecule has 0 N–H and O–H groups in total. The predicted molar refractivity (Wildman–Crippen MR) is 129 cm³/mol. The fourth-order valence-electron chi connectivity index (χ4n) is 4.03. The SMILES string of the molecule is CCOC(=O)Cn1c(=NC(=O)C2CCCN2S(=O)(=O)c2ccc(Cl)s2)sc2cc3c(cc21)OCO3. The second-order valence-corrected chi connectivity index (χ2v) is 12.6. The highest BCUT2D eigenvalue weighted by Gasteiger charge is 2.40. The average Bonchev–Trinajstić information content (AvgIpc) is 3.59. The van der Waals surface area contributed by atoms with Gasteiger partial charge in [-0.15, -0.1) is 11.3 Å². The Morgan fingerprint density at radius 2 is 2.00 bits per heavy atom. The molecule has 1 aromatic carbocycles. The van der Waals surface area contributed by atoms with Gasteiger partial charge in [0.2, 0.25) is 6.79 Å². The molecular formula is C21H20ClN3O7S3. The third kappa shape index (κ3) is 4.58. The Hall–Kier alpha value is -2.45. The van der Waals surface area contributed by atoms with Crippen LogP contribution in [0.3, 0.4) is 0 Å². The minimum absolute atomic E-state index is 0.0796. The Morgan fingerprint density at radius 3 is 2.71 bits per heavy atom. The van der Waals surface area contributed by atoms with Crippen molar-refractivity contribution in [2.45, 2.75) is 36.6 Å². The molecule has 186 valence electrons. The number of halogens is 1. The first-order valence-corrected chi connectivity index (χ1v) is 14.2. The molecule has 1 atom stereocenters. The van der Waals surface area contributed by atoms with E-state index in [-0.39, 0.29) is 35.5 Å². The van der Waals surface area contributed by atoms with Gasteiger partial charge in [-0.2, -0.15) is 9.30 Å². The van der Waals surface area contributed by atoms with E-state index >= 15 is 0 Å². The van der Waals surface area contributed by atoms with Crippen LogP contribution < -0.4 is 14.3 Å². The van der Waals surface area contributed by atoms with Crippen molar-refractivity contribution in [3.05, 3.63) is 33.4 Å². The number of fused-ring (bicyclic) bond motifs is 2. The van der Waals surface area contributed by atoms with Crippen molar-refractivity contribution >= 4 is 66.4 Å². The van der Waals surface area contributed by atoms with Crippen LogP contribution in [0.25, 0.3) is 10.2 Å². The number of carbonyl (C=O) groups is 2. The van der Waals surface area contributed by atoms with Gasteiger partial charge in [-0.25, -0.2) is 8.42 Å². The fraction of sp³-hybridized carbons (Fsp3) is 0.381. The van der Waals surface area contributed by atoms with Crippen molar-refractivity contribution in [1.82, 2.24) is 8.87 Å². The molecule has 1 amide bonds. The number of rotatable bonds is 6. The van der Waals surface area contributed by atoms with Crippen LogP contribution in [0, 0.1) is 0 Å². The van der Waals surface area contributed by atoms with Crippen LogP contribution in [0.1, 0.15) is 19.8 Å². The van der Waals surface area contributed by atoms with Gasteiger partial charge in [0.25, 0.3) is 15.9 Å². The van der Waals surface area contributed by atoms with Crippen molar-refractivity contribution < 1.29 is 32.2 Å². The summed E-state index contributed by atoms with van der Waals surface area (Å²) in [4.78, 5) is 30.1. The summed E-state index contributed by atoms with van der Waals surface area (Å²) < 4.78 is 46.2. The van der Waals surface area contributed by atoms with Crippen molar-refractivity contribution in [1.29, 1.82) is 0 Å². The summed E-state index contributed by atoms with van der Waals surface area (Å²) in [6, 6.07) is 5.49. The van der Waals surface area contributed by atoms with Gasteiger partial charge in [-0.1, -0.05) is 22.9 Å². The molecule has 10 nitrogen and oxygen atoms in total. The zero-order valence-electron chi connectivity index (χ0n) is 18.4. The largest absolute Gasteiger partial charge is 0.465 e. The highest BCUT2D eigenvalue weighted by Crippen LogP contribution is 2.37. The van der Waals surface area contributed by atoms with Crippen LogP contribution in [0.2, 0.25) is 4.34 Å². The quantitative estimate of drug-likeness (QED) is 0.428. The molecule has 1 fully saturated rings. The summed E-state index contributed by atoms with van der Waals surface area (Å²) in [7, 11) is -3.90. The Morgan fingerprint density at radius 1 is 1.23 bits per heavy atom. The number of esters is 1. The monoisotopic (exact) mass is 557 g/mol. The normalized spacial score (nSPS) is 18.5. The maximum atomic E-state index is 13.3. The summed E-state index contributed by atoms with van der Waals surface area (Å²) >= 11 is 8.07. The minimum Gasteiger partial charge on any atom is -0.465 e. The van der Waals surface area contributed by atoms with Gasteiger partial charge < -0.3 is 18.8 Å². The van der Waals surface area contributed by atoms with Crippen LogP contribution >= 0.6 is 34.3 Å². The first kappa shape index (κ1) is 24.3. The van der Waals surface area contributed by atoms with E-state index in [0.29, 0.717) is 34.2 Å². The van der Waals surface area contributed by atoms with Gasteiger partial charge in [0.05, 0.1) is 21.2 Å². The van der Waals surface area contributed by atoms with E-state index in [1.54, 1.807) is 23.6 Å². The molecule has 2 aliphatic rings. The molecule has 0 bridgehead atoms. The van der Waals surface area contributed by atoms with E-state index in [1.165, 1.54) is 27.8 Å². The Labute approximate surface area is 213 Å². The summed E-state index contributed by atoms with van der Waals surface area (Å²) in [6.07, 6.45) is 0.875. The number of carbonyl (C=O) groups excluding carboxylic acids is 2. The van der Waals surface area contributed by atoms with Crippen LogP contribution in [0.5, 0.6) is 11.5 Å². The lowest BCUT2D eigenvalue weighted by Gasteiger charge is -2.20. The zero-order valence-corrected chi connectivity index (χ0v) is 21.6. The van der Waals surface area contributed by atoms with Crippen molar-refractivity contribution in [2.75, 3.05) is 19.9 Å². The number of benzene rings is 1. The highest BCUT2D eigenvalue weighted by atomic mass is 35.5. The van der Waals surface area contributed by atoms with E-state index in [2.05, 4.69) is 4.99 Å². The number of thiazole rings is 1. The fourth-order valence-corrected chi connectivity index (χ4v) is 8.34. The number of sulfonamides is 1.